The van der Waals surface area contributed by atoms with Crippen molar-refractivity contribution in [2.75, 3.05) is 40.6 Å². The molecule has 0 N–H and O–H groups in total. The number of nitrogens with zero attached hydrogens (tertiary/aromatic N) is 2. The Kier molecular flexibility index (Phi) is 10.4. The highest BCUT2D eigenvalue weighted by Gasteiger charge is 2.50. The Labute approximate surface area is 193 Å². The van der Waals surface area contributed by atoms with E-state index in [4.69, 9.17) is 25.8 Å². The summed E-state index contributed by atoms with van der Waals surface area (Å²) in [5, 5.41) is 0.527. The lowest BCUT2D eigenvalue weighted by molar-refractivity contribution is -0.129. The van der Waals surface area contributed by atoms with Gasteiger partial charge in [0.2, 0.25) is 5.91 Å². The van der Waals surface area contributed by atoms with Crippen molar-refractivity contribution in [2.45, 2.75) is 51.0 Å². The van der Waals surface area contributed by atoms with Gasteiger partial charge in [0, 0.05) is 32.2 Å². The van der Waals surface area contributed by atoms with Gasteiger partial charge >= 0.3 is 0 Å². The summed E-state index contributed by atoms with van der Waals surface area (Å²) in [7, 11) is 3.19. The fourth-order valence-corrected chi connectivity index (χ4v) is 5.32. The molecule has 1 aromatic rings. The summed E-state index contributed by atoms with van der Waals surface area (Å²) in [6, 6.07) is 5.18. The molecule has 0 aliphatic carbocycles. The maximum atomic E-state index is 13.7. The molecule has 1 aliphatic heterocycles. The average molecular weight is 473 g/mol. The van der Waals surface area contributed by atoms with Crippen LogP contribution >= 0.6 is 11.6 Å². The molecule has 0 radical (unpaired) electrons. The van der Waals surface area contributed by atoms with Crippen molar-refractivity contribution < 1.29 is 23.6 Å². The zero-order valence-corrected chi connectivity index (χ0v) is 20.6. The molecule has 0 bridgehead atoms. The summed E-state index contributed by atoms with van der Waals surface area (Å²) >= 11 is 4.68. The first-order valence-corrected chi connectivity index (χ1v) is 11.9. The summed E-state index contributed by atoms with van der Waals surface area (Å²) in [5.74, 6) is 1.03. The Morgan fingerprint density at radius 1 is 1.23 bits per heavy atom. The summed E-state index contributed by atoms with van der Waals surface area (Å²) < 4.78 is 31.8. The summed E-state index contributed by atoms with van der Waals surface area (Å²) in [4.78, 5) is 14.7. The van der Waals surface area contributed by atoms with Crippen LogP contribution in [-0.2, 0) is 30.4 Å². The van der Waals surface area contributed by atoms with Gasteiger partial charge in [-0.3, -0.25) is 9.69 Å². The molecule has 2 atom stereocenters. The first-order chi connectivity index (χ1) is 14.8. The Balaban J connectivity index is 2.48. The summed E-state index contributed by atoms with van der Waals surface area (Å²) in [6.07, 6.45) is 2.70. The van der Waals surface area contributed by atoms with Gasteiger partial charge in [-0.2, -0.15) is 4.31 Å². The van der Waals surface area contributed by atoms with E-state index >= 15 is 0 Å². The highest BCUT2D eigenvalue weighted by Crippen LogP contribution is 2.42. The third kappa shape index (κ3) is 6.52. The maximum absolute atomic E-state index is 13.7. The molecule has 1 aromatic carbocycles. The number of amides is 1. The number of carbonyl (C=O) groups excluding carboxylic acids is 1. The lowest BCUT2D eigenvalue weighted by atomic mass is 10.0. The minimum atomic E-state index is -1.55. The normalized spacial score (nSPS) is 16.9. The fraction of sp³-hybridized carbons (Fsp3) is 0.591. The minimum Gasteiger partial charge on any atom is -0.588 e. The second-order valence-corrected chi connectivity index (χ2v) is 9.19. The molecular weight excluding hydrogens is 440 g/mol. The van der Waals surface area contributed by atoms with Gasteiger partial charge in [0.15, 0.2) is 16.5 Å². The van der Waals surface area contributed by atoms with Gasteiger partial charge in [0.1, 0.15) is 24.0 Å². The topological polar surface area (TPSA) is 74.3 Å². The SMILES string of the molecule is CCCC[C@H]1C(OCCOC)=C(N(CCOC)C(C)=O)N1[S+]([O-])c1cc(C)cc(Cl)c1. The van der Waals surface area contributed by atoms with E-state index in [2.05, 4.69) is 6.92 Å². The van der Waals surface area contributed by atoms with Gasteiger partial charge in [-0.05, 0) is 31.0 Å². The number of halogens is 1. The van der Waals surface area contributed by atoms with E-state index in [0.29, 0.717) is 47.9 Å². The van der Waals surface area contributed by atoms with E-state index in [-0.39, 0.29) is 11.9 Å². The number of benzene rings is 1. The molecule has 1 unspecified atom stereocenters. The molecule has 174 valence electrons. The number of aryl methyl sites for hydroxylation is 1. The molecule has 0 aromatic heterocycles. The zero-order valence-electron chi connectivity index (χ0n) is 19.0. The van der Waals surface area contributed by atoms with Gasteiger partial charge in [-0.25, -0.2) is 0 Å². The van der Waals surface area contributed by atoms with E-state index in [9.17, 15) is 9.35 Å². The van der Waals surface area contributed by atoms with Crippen LogP contribution in [0.15, 0.2) is 34.7 Å². The van der Waals surface area contributed by atoms with Gasteiger partial charge in [-0.15, -0.1) is 0 Å². The quantitative estimate of drug-likeness (QED) is 0.320. The van der Waals surface area contributed by atoms with E-state index < -0.39 is 11.4 Å². The first-order valence-electron chi connectivity index (χ1n) is 10.5. The number of hydrogen-bond donors (Lipinski definition) is 0. The van der Waals surface area contributed by atoms with Crippen LogP contribution < -0.4 is 0 Å². The lowest BCUT2D eigenvalue weighted by Crippen LogP contribution is -2.57. The summed E-state index contributed by atoms with van der Waals surface area (Å²) in [5.41, 5.74) is 0.923. The van der Waals surface area contributed by atoms with Crippen molar-refractivity contribution >= 4 is 28.9 Å². The Morgan fingerprint density at radius 2 is 1.94 bits per heavy atom. The van der Waals surface area contributed by atoms with Crippen LogP contribution in [0.5, 0.6) is 0 Å². The van der Waals surface area contributed by atoms with Crippen LogP contribution in [0, 0.1) is 6.92 Å². The Morgan fingerprint density at radius 3 is 2.52 bits per heavy atom. The van der Waals surface area contributed by atoms with Crippen LogP contribution in [0.1, 0.15) is 38.7 Å². The summed E-state index contributed by atoms with van der Waals surface area (Å²) in [6.45, 7) is 6.96. The molecule has 1 aliphatic rings. The Hall–Kier alpha value is -1.45. The molecule has 1 amide bonds. The molecular formula is C22H33ClN2O5S. The number of ether oxygens (including phenoxy) is 3. The third-order valence-electron chi connectivity index (χ3n) is 4.94. The number of carbonyl (C=O) groups is 1. The van der Waals surface area contributed by atoms with Crippen LogP contribution in [0.25, 0.3) is 0 Å². The number of hydrogen-bond acceptors (Lipinski definition) is 6. The number of unbranched alkanes of at least 4 members (excludes halogenated alkanes) is 1. The molecule has 7 nitrogen and oxygen atoms in total. The van der Waals surface area contributed by atoms with Crippen molar-refractivity contribution in [3.63, 3.8) is 0 Å². The first kappa shape index (κ1) is 25.8. The van der Waals surface area contributed by atoms with Crippen molar-refractivity contribution in [3.8, 4) is 0 Å². The largest absolute Gasteiger partial charge is 0.588 e. The predicted molar refractivity (Wildman–Crippen MR) is 122 cm³/mol. The molecule has 9 heteroatoms. The van der Waals surface area contributed by atoms with Gasteiger partial charge in [0.05, 0.1) is 19.8 Å². The number of methoxy groups -OCH3 is 2. The van der Waals surface area contributed by atoms with E-state index in [1.54, 1.807) is 29.5 Å². The van der Waals surface area contributed by atoms with E-state index in [0.717, 1.165) is 24.8 Å². The monoisotopic (exact) mass is 472 g/mol. The average Bonchev–Trinajstić information content (AvgIpc) is 2.71. The van der Waals surface area contributed by atoms with E-state index in [1.165, 1.54) is 6.92 Å². The highest BCUT2D eigenvalue weighted by atomic mass is 35.5. The van der Waals surface area contributed by atoms with Crippen LogP contribution in [0.3, 0.4) is 0 Å². The van der Waals surface area contributed by atoms with Crippen molar-refractivity contribution in [3.05, 3.63) is 40.4 Å². The minimum absolute atomic E-state index is 0.168. The van der Waals surface area contributed by atoms with E-state index in [1.807, 2.05) is 19.1 Å². The van der Waals surface area contributed by atoms with Crippen molar-refractivity contribution in [2.24, 2.45) is 0 Å². The maximum Gasteiger partial charge on any atom is 0.225 e. The Bertz CT molecular complexity index is 756. The molecule has 2 rings (SSSR count). The second kappa shape index (κ2) is 12.6. The highest BCUT2D eigenvalue weighted by molar-refractivity contribution is 7.89. The van der Waals surface area contributed by atoms with Gasteiger partial charge in [0.25, 0.3) is 0 Å². The third-order valence-corrected chi connectivity index (χ3v) is 6.58. The molecule has 31 heavy (non-hydrogen) atoms. The predicted octanol–water partition coefficient (Wildman–Crippen LogP) is 3.87. The molecule has 0 saturated heterocycles. The van der Waals surface area contributed by atoms with Crippen LogP contribution in [-0.4, -0.2) is 66.3 Å². The van der Waals surface area contributed by atoms with Crippen molar-refractivity contribution in [1.82, 2.24) is 9.21 Å². The van der Waals surface area contributed by atoms with Crippen molar-refractivity contribution in [1.29, 1.82) is 0 Å². The molecule has 0 saturated carbocycles. The zero-order chi connectivity index (χ0) is 23.0. The fourth-order valence-electron chi connectivity index (χ4n) is 3.45. The molecule has 1 heterocycles. The smallest absolute Gasteiger partial charge is 0.225 e. The molecule has 0 fully saturated rings. The van der Waals surface area contributed by atoms with Gasteiger partial charge in [-0.1, -0.05) is 31.4 Å². The second-order valence-electron chi connectivity index (χ2n) is 7.39. The van der Waals surface area contributed by atoms with Crippen LogP contribution in [0.4, 0.5) is 0 Å². The lowest BCUT2D eigenvalue weighted by Gasteiger charge is -2.46. The standard InChI is InChI=1S/C22H33ClN2O5S/c1-6-7-8-20-21(30-12-11-29-5)22(24(17(3)26)9-10-28-4)25(20)31(27)19-14-16(2)13-18(23)15-19/h13-15,20H,6-12H2,1-5H3/t20-,31?/m0/s1. The van der Waals surface area contributed by atoms with Gasteiger partial charge < -0.3 is 18.8 Å². The van der Waals surface area contributed by atoms with Crippen LogP contribution in [0.2, 0.25) is 5.02 Å². The number of rotatable bonds is 13. The molecule has 0 spiro atoms.